The van der Waals surface area contributed by atoms with Crippen LogP contribution in [-0.4, -0.2) is 57.5 Å². The fourth-order valence-corrected chi connectivity index (χ4v) is 7.38. The maximum Gasteiger partial charge on any atom is 0.368 e. The lowest BCUT2D eigenvalue weighted by Crippen LogP contribution is -2.36. The first-order valence-corrected chi connectivity index (χ1v) is 17.8. The summed E-state index contributed by atoms with van der Waals surface area (Å²) in [5.41, 5.74) is 7.73. The molecule has 0 bridgehead atoms. The summed E-state index contributed by atoms with van der Waals surface area (Å²) in [5.74, 6) is 1.84. The van der Waals surface area contributed by atoms with Crippen LogP contribution in [0.5, 0.6) is 5.75 Å². The van der Waals surface area contributed by atoms with Crippen LogP contribution in [0.2, 0.25) is 0 Å². The van der Waals surface area contributed by atoms with Crippen molar-refractivity contribution in [2.75, 3.05) is 23.5 Å². The van der Waals surface area contributed by atoms with Crippen LogP contribution in [0.3, 0.4) is 0 Å². The van der Waals surface area contributed by atoms with Crippen molar-refractivity contribution in [1.29, 1.82) is 0 Å². The molecular weight excluding hydrogens is 620 g/mol. The predicted octanol–water partition coefficient (Wildman–Crippen LogP) is 3.58. The SMILES string of the molecule is Nc1ccc([C@@H](O)CNCC2CCc3cc(NS(=O)(=O)c4ccc(-n5nnn(CCCC6CCCCC6)c5=O)cc4)ccc3O2)cn1. The molecule has 13 nitrogen and oxygen atoms in total. The van der Waals surface area contributed by atoms with Gasteiger partial charge in [-0.25, -0.2) is 18.2 Å². The summed E-state index contributed by atoms with van der Waals surface area (Å²) in [7, 11) is -3.89. The van der Waals surface area contributed by atoms with E-state index in [1.165, 1.54) is 53.6 Å². The maximum atomic E-state index is 13.2. The number of pyridine rings is 1. The second-order valence-electron chi connectivity index (χ2n) is 12.4. The van der Waals surface area contributed by atoms with E-state index < -0.39 is 16.1 Å². The van der Waals surface area contributed by atoms with Gasteiger partial charge < -0.3 is 20.9 Å². The molecule has 1 aliphatic carbocycles. The smallest absolute Gasteiger partial charge is 0.368 e. The summed E-state index contributed by atoms with van der Waals surface area (Å²) in [4.78, 5) is 17.0. The van der Waals surface area contributed by atoms with Crippen molar-refractivity contribution in [3.63, 3.8) is 0 Å². The average molecular weight is 663 g/mol. The minimum Gasteiger partial charge on any atom is -0.489 e. The van der Waals surface area contributed by atoms with Crippen molar-refractivity contribution >= 4 is 21.5 Å². The summed E-state index contributed by atoms with van der Waals surface area (Å²) in [5, 5.41) is 21.7. The van der Waals surface area contributed by atoms with Gasteiger partial charge in [0.2, 0.25) is 0 Å². The standard InChI is InChI=1S/C33H42N8O5S/c34-32-17-9-25(20-36-32)30(42)22-35-21-28-13-8-24-19-26(10-16-31(24)46-28)37-47(44,45)29-14-11-27(12-15-29)41-33(43)40(38-39-41)18-4-7-23-5-2-1-3-6-23/h9-12,14-17,19-20,23,28,30,35,37,42H,1-8,13,18,21-22H2,(H2,34,36)/t28?,30-/m0/s1. The number of aryl methyl sites for hydroxylation is 2. The molecule has 250 valence electrons. The molecule has 2 aromatic heterocycles. The molecule has 2 aromatic carbocycles. The fraction of sp³-hybridized carbons (Fsp3) is 0.455. The number of nitrogens with two attached hydrogens (primary N) is 1. The molecule has 1 unspecified atom stereocenters. The Balaban J connectivity index is 1.01. The molecule has 1 fully saturated rings. The van der Waals surface area contributed by atoms with Crippen molar-refractivity contribution in [1.82, 2.24) is 30.1 Å². The average Bonchev–Trinajstić information content (AvgIpc) is 3.45. The summed E-state index contributed by atoms with van der Waals surface area (Å²) >= 11 is 0. The van der Waals surface area contributed by atoms with Crippen LogP contribution in [0, 0.1) is 5.92 Å². The second kappa shape index (κ2) is 14.7. The number of ether oxygens (including phenoxy) is 1. The highest BCUT2D eigenvalue weighted by molar-refractivity contribution is 7.92. The lowest BCUT2D eigenvalue weighted by molar-refractivity contribution is 0.146. The van der Waals surface area contributed by atoms with Gasteiger partial charge in [0, 0.05) is 37.1 Å². The van der Waals surface area contributed by atoms with Crippen LogP contribution in [0.25, 0.3) is 5.69 Å². The van der Waals surface area contributed by atoms with E-state index in [1.54, 1.807) is 48.7 Å². The first-order valence-electron chi connectivity index (χ1n) is 16.3. The molecule has 14 heteroatoms. The zero-order valence-corrected chi connectivity index (χ0v) is 27.1. The minimum absolute atomic E-state index is 0.0613. The lowest BCUT2D eigenvalue weighted by atomic mass is 9.86. The number of tetrazole rings is 1. The molecule has 0 saturated heterocycles. The third-order valence-corrected chi connectivity index (χ3v) is 10.4. The quantitative estimate of drug-likeness (QED) is 0.165. The van der Waals surface area contributed by atoms with Crippen LogP contribution in [0.15, 0.2) is 70.5 Å². The summed E-state index contributed by atoms with van der Waals surface area (Å²) in [6, 6.07) is 14.6. The molecular formula is C33H42N8O5S. The van der Waals surface area contributed by atoms with Crippen molar-refractivity contribution in [3.05, 3.63) is 82.4 Å². The number of anilines is 2. The Morgan fingerprint density at radius 2 is 1.83 bits per heavy atom. The van der Waals surface area contributed by atoms with Gasteiger partial charge in [-0.2, -0.15) is 9.36 Å². The Bertz CT molecular complexity index is 1800. The molecule has 5 N–H and O–H groups in total. The van der Waals surface area contributed by atoms with Gasteiger partial charge in [0.15, 0.2) is 0 Å². The van der Waals surface area contributed by atoms with Gasteiger partial charge in [0.05, 0.1) is 16.7 Å². The first kappa shape index (κ1) is 32.7. The minimum atomic E-state index is -3.89. The van der Waals surface area contributed by atoms with Crippen LogP contribution >= 0.6 is 0 Å². The Morgan fingerprint density at radius 1 is 1.02 bits per heavy atom. The largest absolute Gasteiger partial charge is 0.489 e. The van der Waals surface area contributed by atoms with E-state index in [4.69, 9.17) is 10.5 Å². The topological polar surface area (TPSA) is 179 Å². The number of fused-ring (bicyclic) bond motifs is 1. The number of nitrogen functional groups attached to an aromatic ring is 1. The third kappa shape index (κ3) is 8.18. The number of nitrogens with one attached hydrogen (secondary N) is 2. The van der Waals surface area contributed by atoms with Crippen LogP contribution in [-0.2, 0) is 23.0 Å². The van der Waals surface area contributed by atoms with E-state index >= 15 is 0 Å². The maximum absolute atomic E-state index is 13.2. The predicted molar refractivity (Wildman–Crippen MR) is 178 cm³/mol. The molecule has 0 amide bonds. The normalized spacial score (nSPS) is 17.5. The molecule has 3 heterocycles. The van der Waals surface area contributed by atoms with Gasteiger partial charge in [-0.05, 0) is 96.1 Å². The van der Waals surface area contributed by atoms with Gasteiger partial charge in [-0.15, -0.1) is 0 Å². The number of aliphatic hydroxyl groups excluding tert-OH is 1. The van der Waals surface area contributed by atoms with Crippen LogP contribution in [0.4, 0.5) is 11.5 Å². The zero-order valence-electron chi connectivity index (χ0n) is 26.3. The third-order valence-electron chi connectivity index (χ3n) is 8.98. The van der Waals surface area contributed by atoms with Crippen molar-refractivity contribution < 1.29 is 18.3 Å². The molecule has 1 saturated carbocycles. The van der Waals surface area contributed by atoms with Crippen molar-refractivity contribution in [3.8, 4) is 11.4 Å². The van der Waals surface area contributed by atoms with Gasteiger partial charge in [-0.3, -0.25) is 4.72 Å². The lowest BCUT2D eigenvalue weighted by Gasteiger charge is -2.27. The second-order valence-corrected chi connectivity index (χ2v) is 14.1. The van der Waals surface area contributed by atoms with Gasteiger partial charge in [0.25, 0.3) is 10.0 Å². The number of nitrogens with zero attached hydrogens (tertiary/aromatic N) is 5. The number of rotatable bonds is 13. The number of hydrogen-bond acceptors (Lipinski definition) is 10. The molecule has 1 aliphatic heterocycles. The van der Waals surface area contributed by atoms with E-state index in [-0.39, 0.29) is 16.7 Å². The molecule has 0 spiro atoms. The number of benzene rings is 2. The van der Waals surface area contributed by atoms with E-state index in [1.807, 2.05) is 0 Å². The molecule has 4 aromatic rings. The Labute approximate surface area is 274 Å². The number of hydrogen-bond donors (Lipinski definition) is 4. The zero-order chi connectivity index (χ0) is 32.8. The number of sulfonamides is 1. The van der Waals surface area contributed by atoms with E-state index in [0.717, 1.165) is 30.7 Å². The van der Waals surface area contributed by atoms with Gasteiger partial charge >= 0.3 is 5.69 Å². The first-order chi connectivity index (χ1) is 22.7. The molecule has 47 heavy (non-hydrogen) atoms. The molecule has 2 atom stereocenters. The van der Waals surface area contributed by atoms with E-state index in [0.29, 0.717) is 54.6 Å². The van der Waals surface area contributed by atoms with Crippen molar-refractivity contribution in [2.24, 2.45) is 5.92 Å². The monoisotopic (exact) mass is 662 g/mol. The Morgan fingerprint density at radius 3 is 2.60 bits per heavy atom. The number of aliphatic hydroxyl groups is 1. The highest BCUT2D eigenvalue weighted by Gasteiger charge is 2.22. The van der Waals surface area contributed by atoms with E-state index in [2.05, 4.69) is 25.4 Å². The highest BCUT2D eigenvalue weighted by Crippen LogP contribution is 2.31. The van der Waals surface area contributed by atoms with Gasteiger partial charge in [-0.1, -0.05) is 38.2 Å². The summed E-state index contributed by atoms with van der Waals surface area (Å²) in [6.45, 7) is 1.41. The molecule has 2 aliphatic rings. The molecule has 6 rings (SSSR count). The van der Waals surface area contributed by atoms with Crippen molar-refractivity contribution in [2.45, 2.75) is 81.4 Å². The summed E-state index contributed by atoms with van der Waals surface area (Å²) < 4.78 is 37.7. The van der Waals surface area contributed by atoms with Gasteiger partial charge in [0.1, 0.15) is 17.7 Å². The molecule has 0 radical (unpaired) electrons. The Kier molecular flexibility index (Phi) is 10.2. The fourth-order valence-electron chi connectivity index (χ4n) is 6.33. The Hall–Kier alpha value is -4.27. The number of aromatic nitrogens is 5. The highest BCUT2D eigenvalue weighted by atomic mass is 32.2. The summed E-state index contributed by atoms with van der Waals surface area (Å²) in [6.07, 6.45) is 10.6. The van der Waals surface area contributed by atoms with E-state index in [9.17, 15) is 18.3 Å². The van der Waals surface area contributed by atoms with Crippen LogP contribution < -0.4 is 26.2 Å². The van der Waals surface area contributed by atoms with Crippen LogP contribution in [0.1, 0.15) is 68.6 Å².